The van der Waals surface area contributed by atoms with Gasteiger partial charge in [0.1, 0.15) is 0 Å². The van der Waals surface area contributed by atoms with Gasteiger partial charge in [-0.15, -0.1) is 0 Å². The summed E-state index contributed by atoms with van der Waals surface area (Å²) >= 11 is 0. The molecule has 0 atom stereocenters. The number of aliphatic hydroxyl groups excluding tert-OH is 1. The van der Waals surface area contributed by atoms with Crippen LogP contribution < -0.4 is 0 Å². The van der Waals surface area contributed by atoms with Gasteiger partial charge < -0.3 is 5.11 Å². The van der Waals surface area contributed by atoms with Gasteiger partial charge in [-0.25, -0.2) is 0 Å². The van der Waals surface area contributed by atoms with Crippen LogP contribution in [-0.4, -0.2) is 24.9 Å². The van der Waals surface area contributed by atoms with E-state index in [1.807, 2.05) is 30.3 Å². The molecule has 3 rings (SSSR count). The van der Waals surface area contributed by atoms with Gasteiger partial charge in [-0.1, -0.05) is 30.3 Å². The molecule has 0 radical (unpaired) electrons. The highest BCUT2D eigenvalue weighted by atomic mass is 16.3. The van der Waals surface area contributed by atoms with Crippen molar-refractivity contribution < 1.29 is 5.11 Å². The zero-order valence-corrected chi connectivity index (χ0v) is 8.46. The van der Waals surface area contributed by atoms with Crippen LogP contribution in [0.15, 0.2) is 36.4 Å². The number of aromatic nitrogens is 4. The van der Waals surface area contributed by atoms with E-state index >= 15 is 0 Å². The minimum atomic E-state index is -0.0657. The van der Waals surface area contributed by atoms with Crippen LogP contribution in [0.25, 0.3) is 17.0 Å². The Hall–Kier alpha value is -2.14. The Balaban J connectivity index is 2.20. The molecule has 2 heterocycles. The molecule has 0 bridgehead atoms. The minimum absolute atomic E-state index is 0.0657. The van der Waals surface area contributed by atoms with E-state index in [-0.39, 0.29) is 6.61 Å². The Morgan fingerprint density at radius 3 is 2.81 bits per heavy atom. The molecule has 0 unspecified atom stereocenters. The van der Waals surface area contributed by atoms with E-state index in [4.69, 9.17) is 5.11 Å². The lowest BCUT2D eigenvalue weighted by molar-refractivity contribution is 0.276. The largest absolute Gasteiger partial charge is 0.390 e. The Morgan fingerprint density at radius 1 is 1.25 bits per heavy atom. The number of hydrogen-bond acceptors (Lipinski definition) is 3. The van der Waals surface area contributed by atoms with E-state index in [2.05, 4.69) is 15.3 Å². The molecule has 0 spiro atoms. The summed E-state index contributed by atoms with van der Waals surface area (Å²) in [4.78, 5) is 0. The molecule has 0 saturated heterocycles. The standard InChI is InChI=1S/C11H10N4O/c16-7-9-6-10-12-13-11(15(10)14-9)8-4-2-1-3-5-8/h1-6,12,16H,7H2. The van der Waals surface area contributed by atoms with Crippen LogP contribution in [0.2, 0.25) is 0 Å². The third-order valence-electron chi connectivity index (χ3n) is 2.43. The number of hydrogen-bond donors (Lipinski definition) is 2. The first-order valence-corrected chi connectivity index (χ1v) is 4.98. The summed E-state index contributed by atoms with van der Waals surface area (Å²) in [5, 5.41) is 20.3. The number of rotatable bonds is 2. The molecular formula is C11H10N4O. The van der Waals surface area contributed by atoms with Gasteiger partial charge >= 0.3 is 0 Å². The van der Waals surface area contributed by atoms with Gasteiger partial charge in [0.25, 0.3) is 0 Å². The zero-order valence-electron chi connectivity index (χ0n) is 8.46. The summed E-state index contributed by atoms with van der Waals surface area (Å²) in [6, 6.07) is 11.6. The van der Waals surface area contributed by atoms with Crippen LogP contribution in [0.5, 0.6) is 0 Å². The maximum Gasteiger partial charge on any atom is 0.182 e. The average molecular weight is 214 g/mol. The number of nitrogens with one attached hydrogen (secondary N) is 1. The first-order valence-electron chi connectivity index (χ1n) is 4.98. The Kier molecular flexibility index (Phi) is 1.97. The molecular weight excluding hydrogens is 204 g/mol. The van der Waals surface area contributed by atoms with Crippen molar-refractivity contribution in [3.8, 4) is 11.4 Å². The lowest BCUT2D eigenvalue weighted by atomic mass is 10.2. The predicted molar refractivity (Wildman–Crippen MR) is 58.7 cm³/mol. The van der Waals surface area contributed by atoms with Crippen molar-refractivity contribution in [2.75, 3.05) is 0 Å². The Morgan fingerprint density at radius 2 is 2.06 bits per heavy atom. The monoisotopic (exact) mass is 214 g/mol. The van der Waals surface area contributed by atoms with Crippen molar-refractivity contribution in [2.45, 2.75) is 6.61 Å². The van der Waals surface area contributed by atoms with E-state index in [0.717, 1.165) is 17.0 Å². The summed E-state index contributed by atoms with van der Waals surface area (Å²) in [5.41, 5.74) is 2.40. The minimum Gasteiger partial charge on any atom is -0.390 e. The number of benzene rings is 1. The van der Waals surface area contributed by atoms with E-state index in [1.165, 1.54) is 0 Å². The lowest BCUT2D eigenvalue weighted by Crippen LogP contribution is -1.92. The second-order valence-corrected chi connectivity index (χ2v) is 3.50. The van der Waals surface area contributed by atoms with E-state index < -0.39 is 0 Å². The first kappa shape index (κ1) is 9.11. The molecule has 0 aliphatic rings. The second-order valence-electron chi connectivity index (χ2n) is 3.50. The summed E-state index contributed by atoms with van der Waals surface area (Å²) in [7, 11) is 0. The van der Waals surface area contributed by atoms with E-state index in [0.29, 0.717) is 5.69 Å². The molecule has 5 heteroatoms. The normalized spacial score (nSPS) is 11.1. The fraction of sp³-hybridized carbons (Fsp3) is 0.0909. The molecule has 5 nitrogen and oxygen atoms in total. The molecule has 2 aromatic heterocycles. The lowest BCUT2D eigenvalue weighted by Gasteiger charge is -1.95. The number of fused-ring (bicyclic) bond motifs is 1. The van der Waals surface area contributed by atoms with Crippen LogP contribution in [0, 0.1) is 0 Å². The Labute approximate surface area is 91.4 Å². The molecule has 0 saturated carbocycles. The van der Waals surface area contributed by atoms with Crippen LogP contribution in [-0.2, 0) is 6.61 Å². The zero-order chi connectivity index (χ0) is 11.0. The van der Waals surface area contributed by atoms with Gasteiger partial charge in [0, 0.05) is 11.6 Å². The number of nitrogens with zero attached hydrogens (tertiary/aromatic N) is 3. The predicted octanol–water partition coefficient (Wildman–Crippen LogP) is 1.22. The van der Waals surface area contributed by atoms with Crippen molar-refractivity contribution in [3.63, 3.8) is 0 Å². The van der Waals surface area contributed by atoms with Crippen molar-refractivity contribution in [3.05, 3.63) is 42.1 Å². The third kappa shape index (κ3) is 1.30. The quantitative estimate of drug-likeness (QED) is 0.674. The topological polar surface area (TPSA) is 66.2 Å². The highest BCUT2D eigenvalue weighted by Crippen LogP contribution is 2.17. The smallest absolute Gasteiger partial charge is 0.182 e. The average Bonchev–Trinajstić information content (AvgIpc) is 2.88. The molecule has 0 aliphatic carbocycles. The van der Waals surface area contributed by atoms with Crippen molar-refractivity contribution >= 4 is 5.65 Å². The van der Waals surface area contributed by atoms with Gasteiger partial charge in [0.15, 0.2) is 11.5 Å². The third-order valence-corrected chi connectivity index (χ3v) is 2.43. The molecule has 2 N–H and O–H groups in total. The van der Waals surface area contributed by atoms with Crippen molar-refractivity contribution in [1.29, 1.82) is 0 Å². The molecule has 0 aliphatic heterocycles. The summed E-state index contributed by atoms with van der Waals surface area (Å²) in [5.74, 6) is 0.746. The summed E-state index contributed by atoms with van der Waals surface area (Å²) in [6.07, 6.45) is 0. The first-order chi connectivity index (χ1) is 7.88. The van der Waals surface area contributed by atoms with Crippen molar-refractivity contribution in [2.24, 2.45) is 0 Å². The number of aliphatic hydroxyl groups is 1. The van der Waals surface area contributed by atoms with Crippen LogP contribution in [0.3, 0.4) is 0 Å². The van der Waals surface area contributed by atoms with Gasteiger partial charge in [-0.2, -0.15) is 14.7 Å². The fourth-order valence-corrected chi connectivity index (χ4v) is 1.68. The van der Waals surface area contributed by atoms with Gasteiger partial charge in [-0.05, 0) is 0 Å². The van der Waals surface area contributed by atoms with Crippen LogP contribution in [0.4, 0.5) is 0 Å². The fourth-order valence-electron chi connectivity index (χ4n) is 1.68. The van der Waals surface area contributed by atoms with E-state index in [9.17, 15) is 0 Å². The second kappa shape index (κ2) is 3.46. The molecule has 3 aromatic rings. The number of H-pyrrole nitrogens is 1. The number of aromatic amines is 1. The molecule has 16 heavy (non-hydrogen) atoms. The summed E-state index contributed by atoms with van der Waals surface area (Å²) < 4.78 is 1.70. The SMILES string of the molecule is OCc1cc2[nH]nc(-c3ccccc3)n2n1. The van der Waals surface area contributed by atoms with Gasteiger partial charge in [0.2, 0.25) is 0 Å². The maximum atomic E-state index is 9.01. The van der Waals surface area contributed by atoms with Crippen LogP contribution >= 0.6 is 0 Å². The molecule has 1 aromatic carbocycles. The van der Waals surface area contributed by atoms with Crippen LogP contribution in [0.1, 0.15) is 5.69 Å². The van der Waals surface area contributed by atoms with Crippen molar-refractivity contribution in [1.82, 2.24) is 19.8 Å². The molecule has 80 valence electrons. The van der Waals surface area contributed by atoms with Gasteiger partial charge in [-0.3, -0.25) is 5.10 Å². The highest BCUT2D eigenvalue weighted by Gasteiger charge is 2.09. The maximum absolute atomic E-state index is 9.01. The Bertz CT molecular complexity index is 611. The highest BCUT2D eigenvalue weighted by molar-refractivity contribution is 5.58. The van der Waals surface area contributed by atoms with Gasteiger partial charge in [0.05, 0.1) is 12.3 Å². The summed E-state index contributed by atoms with van der Waals surface area (Å²) in [6.45, 7) is -0.0657. The van der Waals surface area contributed by atoms with E-state index in [1.54, 1.807) is 10.6 Å². The molecule has 0 amide bonds. The molecule has 0 fully saturated rings.